The molecule has 0 atom stereocenters. The van der Waals surface area contributed by atoms with E-state index in [1.54, 1.807) is 30.5 Å². The van der Waals surface area contributed by atoms with Crippen LogP contribution in [0.2, 0.25) is 0 Å². The number of nitrogens with zero attached hydrogens (tertiary/aromatic N) is 1. The molecule has 0 saturated carbocycles. The second-order valence-electron chi connectivity index (χ2n) is 4.14. The van der Waals surface area contributed by atoms with Gasteiger partial charge in [0.2, 0.25) is 0 Å². The first-order valence-electron chi connectivity index (χ1n) is 5.49. The number of hydrogen-bond acceptors (Lipinski definition) is 4. The normalized spacial score (nSPS) is 11.4. The lowest BCUT2D eigenvalue weighted by Gasteiger charge is -2.05. The maximum absolute atomic E-state index is 11.3. The molecule has 96 valence electrons. The standard InChI is InChI=1S/C12H15N3O2S/c1-9-13-7-11(15-9)8-14-10-3-5-12(6-4-10)18(2,16)17/h3-7,14H,8H2,1-2H3,(H,13,15). The van der Waals surface area contributed by atoms with E-state index in [1.165, 1.54) is 6.26 Å². The minimum atomic E-state index is -3.13. The van der Waals surface area contributed by atoms with Gasteiger partial charge in [-0.05, 0) is 31.2 Å². The molecule has 5 nitrogen and oxygen atoms in total. The Hall–Kier alpha value is -1.82. The zero-order chi connectivity index (χ0) is 13.2. The molecule has 0 radical (unpaired) electrons. The number of aryl methyl sites for hydroxylation is 1. The molecule has 0 fully saturated rings. The fourth-order valence-electron chi connectivity index (χ4n) is 1.58. The summed E-state index contributed by atoms with van der Waals surface area (Å²) in [4.78, 5) is 7.54. The first kappa shape index (κ1) is 12.6. The van der Waals surface area contributed by atoms with Crippen LogP contribution in [0.3, 0.4) is 0 Å². The average Bonchev–Trinajstić information content (AvgIpc) is 2.72. The summed E-state index contributed by atoms with van der Waals surface area (Å²) >= 11 is 0. The number of benzene rings is 1. The third-order valence-electron chi connectivity index (χ3n) is 2.52. The lowest BCUT2D eigenvalue weighted by Crippen LogP contribution is -2.01. The predicted octanol–water partition coefficient (Wildman–Crippen LogP) is 1.73. The fraction of sp³-hybridized carbons (Fsp3) is 0.250. The summed E-state index contributed by atoms with van der Waals surface area (Å²) in [6.07, 6.45) is 2.97. The number of H-pyrrole nitrogens is 1. The third kappa shape index (κ3) is 3.10. The molecule has 0 amide bonds. The topological polar surface area (TPSA) is 74.8 Å². The van der Waals surface area contributed by atoms with Crippen LogP contribution in [0.1, 0.15) is 11.5 Å². The van der Waals surface area contributed by atoms with Crippen molar-refractivity contribution in [3.8, 4) is 0 Å². The van der Waals surface area contributed by atoms with Gasteiger partial charge in [0, 0.05) is 11.9 Å². The van der Waals surface area contributed by atoms with Crippen molar-refractivity contribution in [2.24, 2.45) is 0 Å². The molecule has 0 aliphatic heterocycles. The number of aromatic amines is 1. The Morgan fingerprint density at radius 2 is 1.94 bits per heavy atom. The van der Waals surface area contributed by atoms with Gasteiger partial charge in [-0.15, -0.1) is 0 Å². The molecule has 1 aromatic carbocycles. The van der Waals surface area contributed by atoms with Gasteiger partial charge in [0.05, 0.1) is 23.3 Å². The van der Waals surface area contributed by atoms with Gasteiger partial charge in [0.1, 0.15) is 5.82 Å². The lowest BCUT2D eigenvalue weighted by atomic mass is 10.3. The molecular weight excluding hydrogens is 250 g/mol. The Labute approximate surface area is 106 Å². The maximum atomic E-state index is 11.3. The SMILES string of the molecule is Cc1ncc(CNc2ccc(S(C)(=O)=O)cc2)[nH]1. The highest BCUT2D eigenvalue weighted by molar-refractivity contribution is 7.90. The number of anilines is 1. The quantitative estimate of drug-likeness (QED) is 0.883. The molecule has 0 bridgehead atoms. The maximum Gasteiger partial charge on any atom is 0.175 e. The largest absolute Gasteiger partial charge is 0.379 e. The monoisotopic (exact) mass is 265 g/mol. The van der Waals surface area contributed by atoms with Crippen molar-refractivity contribution in [2.45, 2.75) is 18.4 Å². The Morgan fingerprint density at radius 1 is 1.28 bits per heavy atom. The third-order valence-corrected chi connectivity index (χ3v) is 3.65. The van der Waals surface area contributed by atoms with Gasteiger partial charge in [-0.1, -0.05) is 0 Å². The van der Waals surface area contributed by atoms with Crippen molar-refractivity contribution in [1.29, 1.82) is 0 Å². The Morgan fingerprint density at radius 3 is 2.44 bits per heavy atom. The highest BCUT2D eigenvalue weighted by Crippen LogP contribution is 2.14. The van der Waals surface area contributed by atoms with Crippen LogP contribution in [-0.4, -0.2) is 24.6 Å². The first-order chi connectivity index (χ1) is 8.45. The van der Waals surface area contributed by atoms with E-state index in [9.17, 15) is 8.42 Å². The summed E-state index contributed by atoms with van der Waals surface area (Å²) in [5.74, 6) is 0.874. The number of nitrogens with one attached hydrogen (secondary N) is 2. The molecule has 2 N–H and O–H groups in total. The van der Waals surface area contributed by atoms with Crippen molar-refractivity contribution in [1.82, 2.24) is 9.97 Å². The predicted molar refractivity (Wildman–Crippen MR) is 70.2 cm³/mol. The van der Waals surface area contributed by atoms with Gasteiger partial charge >= 0.3 is 0 Å². The molecule has 18 heavy (non-hydrogen) atoms. The van der Waals surface area contributed by atoms with Crippen LogP contribution >= 0.6 is 0 Å². The molecular formula is C12H15N3O2S. The van der Waals surface area contributed by atoms with E-state index in [2.05, 4.69) is 15.3 Å². The zero-order valence-electron chi connectivity index (χ0n) is 10.3. The van der Waals surface area contributed by atoms with E-state index in [0.29, 0.717) is 11.4 Å². The molecule has 0 aliphatic carbocycles. The minimum absolute atomic E-state index is 0.324. The highest BCUT2D eigenvalue weighted by Gasteiger charge is 2.05. The number of imidazole rings is 1. The number of hydrogen-bond donors (Lipinski definition) is 2. The molecule has 1 heterocycles. The molecule has 2 rings (SSSR count). The second kappa shape index (κ2) is 4.81. The number of aromatic nitrogens is 2. The molecule has 0 unspecified atom stereocenters. The van der Waals surface area contributed by atoms with E-state index < -0.39 is 9.84 Å². The molecule has 2 aromatic rings. The minimum Gasteiger partial charge on any atom is -0.379 e. The smallest absolute Gasteiger partial charge is 0.175 e. The van der Waals surface area contributed by atoms with Crippen LogP contribution in [0, 0.1) is 6.92 Å². The van der Waals surface area contributed by atoms with Crippen LogP contribution in [-0.2, 0) is 16.4 Å². The first-order valence-corrected chi connectivity index (χ1v) is 7.39. The summed E-state index contributed by atoms with van der Waals surface area (Å²) in [5, 5.41) is 3.19. The van der Waals surface area contributed by atoms with Crippen molar-refractivity contribution < 1.29 is 8.42 Å². The van der Waals surface area contributed by atoms with Crippen molar-refractivity contribution in [2.75, 3.05) is 11.6 Å². The van der Waals surface area contributed by atoms with Crippen LogP contribution in [0.25, 0.3) is 0 Å². The Balaban J connectivity index is 2.03. The molecule has 6 heteroatoms. The van der Waals surface area contributed by atoms with Gasteiger partial charge in [-0.3, -0.25) is 0 Å². The van der Waals surface area contributed by atoms with E-state index in [0.717, 1.165) is 17.2 Å². The number of sulfone groups is 1. The summed E-state index contributed by atoms with van der Waals surface area (Å²) in [7, 11) is -3.13. The molecule has 0 aliphatic rings. The summed E-state index contributed by atoms with van der Waals surface area (Å²) in [6, 6.07) is 6.69. The van der Waals surface area contributed by atoms with Crippen molar-refractivity contribution in [3.05, 3.63) is 42.0 Å². The van der Waals surface area contributed by atoms with Gasteiger partial charge in [-0.25, -0.2) is 13.4 Å². The molecule has 1 aromatic heterocycles. The molecule has 0 saturated heterocycles. The lowest BCUT2D eigenvalue weighted by molar-refractivity contribution is 0.602. The summed E-state index contributed by atoms with van der Waals surface area (Å²) < 4.78 is 22.6. The molecule has 0 spiro atoms. The Bertz CT molecular complexity index is 630. The van der Waals surface area contributed by atoms with E-state index in [1.807, 2.05) is 6.92 Å². The van der Waals surface area contributed by atoms with Crippen molar-refractivity contribution >= 4 is 15.5 Å². The van der Waals surface area contributed by atoms with E-state index >= 15 is 0 Å². The summed E-state index contributed by atoms with van der Waals surface area (Å²) in [6.45, 7) is 2.52. The van der Waals surface area contributed by atoms with Gasteiger partial charge < -0.3 is 10.3 Å². The van der Waals surface area contributed by atoms with Crippen LogP contribution in [0.5, 0.6) is 0 Å². The van der Waals surface area contributed by atoms with Crippen molar-refractivity contribution in [3.63, 3.8) is 0 Å². The highest BCUT2D eigenvalue weighted by atomic mass is 32.2. The average molecular weight is 265 g/mol. The second-order valence-corrected chi connectivity index (χ2v) is 6.16. The fourth-order valence-corrected chi connectivity index (χ4v) is 2.21. The van der Waals surface area contributed by atoms with Crippen LogP contribution < -0.4 is 5.32 Å². The van der Waals surface area contributed by atoms with Gasteiger partial charge in [0.15, 0.2) is 9.84 Å². The van der Waals surface area contributed by atoms with Gasteiger partial charge in [0.25, 0.3) is 0 Å². The Kier molecular flexibility index (Phi) is 3.38. The van der Waals surface area contributed by atoms with Gasteiger partial charge in [-0.2, -0.15) is 0 Å². The van der Waals surface area contributed by atoms with Crippen LogP contribution in [0.15, 0.2) is 35.4 Å². The summed E-state index contributed by atoms with van der Waals surface area (Å²) in [5.41, 5.74) is 1.86. The zero-order valence-corrected chi connectivity index (χ0v) is 11.1. The number of rotatable bonds is 4. The van der Waals surface area contributed by atoms with Crippen LogP contribution in [0.4, 0.5) is 5.69 Å². The van der Waals surface area contributed by atoms with E-state index in [-0.39, 0.29) is 0 Å². The van der Waals surface area contributed by atoms with E-state index in [4.69, 9.17) is 0 Å².